The average Bonchev–Trinajstić information content (AvgIpc) is 2.64. The second-order valence-electron chi connectivity index (χ2n) is 5.55. The van der Waals surface area contributed by atoms with Crippen LogP contribution in [0.15, 0.2) is 22.7 Å². The Hall–Kier alpha value is -0.333. The molecule has 0 spiro atoms. The van der Waals surface area contributed by atoms with Crippen LogP contribution in [0.5, 0.6) is 0 Å². The number of hydrogen-bond acceptors (Lipinski definition) is 1. The Balaban J connectivity index is 2.44. The van der Waals surface area contributed by atoms with Gasteiger partial charge in [-0.15, -0.1) is 0 Å². The fourth-order valence-corrected chi connectivity index (χ4v) is 3.78. The van der Waals surface area contributed by atoms with E-state index in [-0.39, 0.29) is 5.56 Å². The summed E-state index contributed by atoms with van der Waals surface area (Å²) in [6.45, 7) is 5.46. The summed E-state index contributed by atoms with van der Waals surface area (Å²) >= 11 is 3.11. The number of benzene rings is 1. The average molecular weight is 339 g/mol. The van der Waals surface area contributed by atoms with Gasteiger partial charge in [0.15, 0.2) is 13.9 Å². The molecule has 0 radical (unpaired) electrons. The molecule has 0 saturated heterocycles. The molecule has 1 fully saturated rings. The zero-order chi connectivity index (χ0) is 13.8. The summed E-state index contributed by atoms with van der Waals surface area (Å²) in [4.78, 5) is 0. The normalized spacial score (nSPS) is 26.2. The number of hydrogen-bond donors (Lipinski definition) is 0. The highest BCUT2D eigenvalue weighted by Gasteiger charge is 2.75. The lowest BCUT2D eigenvalue weighted by molar-refractivity contribution is 0.00187. The molecule has 1 unspecified atom stereocenters. The van der Waals surface area contributed by atoms with E-state index >= 15 is 0 Å². The molecule has 18 heavy (non-hydrogen) atoms. The molecule has 1 aromatic rings. The maximum atomic E-state index is 13.9. The van der Waals surface area contributed by atoms with Crippen molar-refractivity contribution in [1.29, 1.82) is 0 Å². The van der Waals surface area contributed by atoms with E-state index in [0.29, 0.717) is 4.47 Å². The minimum absolute atomic E-state index is 0.0434. The minimum atomic E-state index is -2.98. The van der Waals surface area contributed by atoms with Gasteiger partial charge in [-0.1, -0.05) is 22.0 Å². The van der Waals surface area contributed by atoms with Gasteiger partial charge in [-0.3, -0.25) is 0 Å². The van der Waals surface area contributed by atoms with Crippen molar-refractivity contribution in [3.8, 4) is 0 Å². The molecule has 1 saturated carbocycles. The Morgan fingerprint density at radius 1 is 1.28 bits per heavy atom. The molecule has 1 atom stereocenters. The van der Waals surface area contributed by atoms with Crippen molar-refractivity contribution in [2.24, 2.45) is 0 Å². The zero-order valence-corrected chi connectivity index (χ0v) is 12.9. The zero-order valence-electron chi connectivity index (χ0n) is 10.4. The molecule has 1 aliphatic carbocycles. The highest BCUT2D eigenvalue weighted by molar-refractivity contribution is 9.10. The van der Waals surface area contributed by atoms with Gasteiger partial charge in [0.25, 0.3) is 5.92 Å². The summed E-state index contributed by atoms with van der Waals surface area (Å²) < 4.78 is 47.3. The van der Waals surface area contributed by atoms with E-state index in [0.717, 1.165) is 0 Å². The summed E-state index contributed by atoms with van der Waals surface area (Å²) in [7, 11) is -2.20. The summed E-state index contributed by atoms with van der Waals surface area (Å²) in [5, 5.41) is 0. The standard InChI is InChI=1S/C12H14BrF3OSi/c1-18(2,3)17-11(7-12(11,15)16)9-5-4-8(13)6-10(9)14/h4-6H,7H2,1-3H3. The lowest BCUT2D eigenvalue weighted by atomic mass is 10.1. The molecule has 0 N–H and O–H groups in total. The fraction of sp³-hybridized carbons (Fsp3) is 0.500. The molecule has 0 aromatic heterocycles. The van der Waals surface area contributed by atoms with Gasteiger partial charge in [0, 0.05) is 10.0 Å². The van der Waals surface area contributed by atoms with Crippen LogP contribution in [-0.2, 0) is 10.0 Å². The Morgan fingerprint density at radius 2 is 1.83 bits per heavy atom. The molecule has 1 aromatic carbocycles. The predicted molar refractivity (Wildman–Crippen MR) is 69.8 cm³/mol. The van der Waals surface area contributed by atoms with Crippen LogP contribution in [0.1, 0.15) is 12.0 Å². The third kappa shape index (κ3) is 2.38. The maximum absolute atomic E-state index is 13.9. The first-order chi connectivity index (χ1) is 8.07. The highest BCUT2D eigenvalue weighted by atomic mass is 79.9. The van der Waals surface area contributed by atoms with E-state index in [1.807, 2.05) is 19.6 Å². The summed E-state index contributed by atoms with van der Waals surface area (Å²) in [5.74, 6) is -3.64. The number of halogens is 4. The SMILES string of the molecule is C[Si](C)(C)OC1(c2ccc(Br)cc2F)CC1(F)F. The Labute approximate surface area is 114 Å². The summed E-state index contributed by atoms with van der Waals surface area (Å²) in [6, 6.07) is 4.13. The van der Waals surface area contributed by atoms with Crippen molar-refractivity contribution in [2.75, 3.05) is 0 Å². The molecule has 1 aliphatic rings. The quantitative estimate of drug-likeness (QED) is 0.727. The third-order valence-corrected chi connectivity index (χ3v) is 4.24. The Bertz CT molecular complexity index is 487. The van der Waals surface area contributed by atoms with E-state index in [2.05, 4.69) is 15.9 Å². The van der Waals surface area contributed by atoms with Crippen LogP contribution in [0, 0.1) is 5.82 Å². The van der Waals surface area contributed by atoms with Crippen LogP contribution in [-0.4, -0.2) is 14.2 Å². The van der Waals surface area contributed by atoms with Crippen molar-refractivity contribution in [2.45, 2.75) is 37.6 Å². The number of rotatable bonds is 3. The van der Waals surface area contributed by atoms with Gasteiger partial charge < -0.3 is 4.43 Å². The summed E-state index contributed by atoms with van der Waals surface area (Å²) in [5.41, 5.74) is -1.81. The third-order valence-electron chi connectivity index (χ3n) is 2.78. The lowest BCUT2D eigenvalue weighted by Crippen LogP contribution is -2.36. The van der Waals surface area contributed by atoms with Crippen molar-refractivity contribution in [3.05, 3.63) is 34.1 Å². The van der Waals surface area contributed by atoms with Crippen molar-refractivity contribution < 1.29 is 17.6 Å². The molecule has 100 valence electrons. The second-order valence-corrected chi connectivity index (χ2v) is 10.9. The van der Waals surface area contributed by atoms with Gasteiger partial charge in [0.1, 0.15) is 5.82 Å². The molecular formula is C12H14BrF3OSi. The molecule has 0 aliphatic heterocycles. The van der Waals surface area contributed by atoms with Crippen LogP contribution >= 0.6 is 15.9 Å². The van der Waals surface area contributed by atoms with Crippen LogP contribution < -0.4 is 0 Å². The first-order valence-electron chi connectivity index (χ1n) is 5.61. The van der Waals surface area contributed by atoms with Gasteiger partial charge >= 0.3 is 0 Å². The first-order valence-corrected chi connectivity index (χ1v) is 9.81. The molecule has 0 bridgehead atoms. The van der Waals surface area contributed by atoms with Gasteiger partial charge in [0.2, 0.25) is 0 Å². The Morgan fingerprint density at radius 3 is 2.22 bits per heavy atom. The maximum Gasteiger partial charge on any atom is 0.283 e. The van der Waals surface area contributed by atoms with E-state index < -0.39 is 32.1 Å². The minimum Gasteiger partial charge on any atom is -0.402 e. The molecule has 0 heterocycles. The second kappa shape index (κ2) is 4.08. The molecule has 6 heteroatoms. The topological polar surface area (TPSA) is 9.23 Å². The van der Waals surface area contributed by atoms with E-state index in [4.69, 9.17) is 4.43 Å². The van der Waals surface area contributed by atoms with E-state index in [1.165, 1.54) is 12.1 Å². The molecule has 2 rings (SSSR count). The van der Waals surface area contributed by atoms with Gasteiger partial charge in [-0.2, -0.15) is 0 Å². The largest absolute Gasteiger partial charge is 0.402 e. The van der Waals surface area contributed by atoms with E-state index in [1.54, 1.807) is 6.07 Å². The Kier molecular flexibility index (Phi) is 3.19. The number of alkyl halides is 2. The van der Waals surface area contributed by atoms with Crippen molar-refractivity contribution >= 4 is 24.2 Å². The molecular weight excluding hydrogens is 325 g/mol. The molecule has 0 amide bonds. The highest BCUT2D eigenvalue weighted by Crippen LogP contribution is 2.63. The first kappa shape index (κ1) is 14.1. The monoisotopic (exact) mass is 338 g/mol. The van der Waals surface area contributed by atoms with Crippen molar-refractivity contribution in [3.63, 3.8) is 0 Å². The van der Waals surface area contributed by atoms with E-state index in [9.17, 15) is 13.2 Å². The van der Waals surface area contributed by atoms with Crippen LogP contribution in [0.4, 0.5) is 13.2 Å². The fourth-order valence-electron chi connectivity index (χ4n) is 2.07. The predicted octanol–water partition coefficient (Wildman–Crippen LogP) is 4.67. The molecule has 1 nitrogen and oxygen atoms in total. The lowest BCUT2D eigenvalue weighted by Gasteiger charge is -2.27. The van der Waals surface area contributed by atoms with Crippen molar-refractivity contribution in [1.82, 2.24) is 0 Å². The van der Waals surface area contributed by atoms with Crippen LogP contribution in [0.3, 0.4) is 0 Å². The van der Waals surface area contributed by atoms with Crippen LogP contribution in [0.25, 0.3) is 0 Å². The summed E-state index contributed by atoms with van der Waals surface area (Å²) in [6.07, 6.45) is -0.442. The smallest absolute Gasteiger partial charge is 0.283 e. The van der Waals surface area contributed by atoms with Gasteiger partial charge in [-0.05, 0) is 31.8 Å². The van der Waals surface area contributed by atoms with Gasteiger partial charge in [0.05, 0.1) is 6.42 Å². The van der Waals surface area contributed by atoms with Crippen LogP contribution in [0.2, 0.25) is 19.6 Å². The van der Waals surface area contributed by atoms with Gasteiger partial charge in [-0.25, -0.2) is 13.2 Å².